The Labute approximate surface area is 184 Å². The Balaban J connectivity index is 1.97. The molecule has 4 heteroatoms. The lowest BCUT2D eigenvalue weighted by Gasteiger charge is -2.11. The van der Waals surface area contributed by atoms with Gasteiger partial charge in [0.1, 0.15) is 29.5 Å². The van der Waals surface area contributed by atoms with Crippen LogP contribution in [0.1, 0.15) is 33.4 Å². The normalized spacial score (nSPS) is 11.4. The van der Waals surface area contributed by atoms with Gasteiger partial charge in [0.15, 0.2) is 0 Å². The monoisotopic (exact) mass is 409 g/mol. The topological polar surface area (TPSA) is 33.5 Å². The van der Waals surface area contributed by atoms with Crippen molar-refractivity contribution in [3.8, 4) is 11.4 Å². The Hall–Kier alpha value is -3.53. The van der Waals surface area contributed by atoms with Gasteiger partial charge in [0.25, 0.3) is 0 Å². The lowest BCUT2D eigenvalue weighted by Crippen LogP contribution is -2.31. The summed E-state index contributed by atoms with van der Waals surface area (Å²) in [5.41, 5.74) is 10.5. The molecule has 0 saturated heterocycles. The van der Waals surface area contributed by atoms with Gasteiger partial charge in [-0.05, 0) is 75.9 Å². The first-order chi connectivity index (χ1) is 14.8. The van der Waals surface area contributed by atoms with Crippen LogP contribution in [0.5, 0.6) is 0 Å². The second-order valence-corrected chi connectivity index (χ2v) is 8.37. The number of rotatable bonds is 4. The van der Waals surface area contributed by atoms with E-state index in [1.54, 1.807) is 0 Å². The molecule has 1 aromatic heterocycles. The van der Waals surface area contributed by atoms with Crippen LogP contribution < -0.4 is 4.57 Å². The van der Waals surface area contributed by atoms with Gasteiger partial charge in [0.2, 0.25) is 0 Å². The molecule has 0 aliphatic rings. The molecule has 0 spiro atoms. The molecule has 4 aromatic rings. The number of hydrogen-bond donors (Lipinski definition) is 0. The van der Waals surface area contributed by atoms with E-state index < -0.39 is 0 Å². The zero-order valence-electron chi connectivity index (χ0n) is 19.1. The summed E-state index contributed by atoms with van der Waals surface area (Å²) >= 11 is 0. The van der Waals surface area contributed by atoms with Crippen LogP contribution in [0.2, 0.25) is 0 Å². The summed E-state index contributed by atoms with van der Waals surface area (Å²) in [7, 11) is 0. The van der Waals surface area contributed by atoms with Crippen molar-refractivity contribution in [3.63, 3.8) is 0 Å². The van der Waals surface area contributed by atoms with Crippen LogP contribution in [-0.4, -0.2) is 4.57 Å². The van der Waals surface area contributed by atoms with E-state index in [2.05, 4.69) is 92.5 Å². The summed E-state index contributed by atoms with van der Waals surface area (Å²) in [5.74, 6) is 0.772. The minimum atomic E-state index is 0.772. The van der Waals surface area contributed by atoms with E-state index >= 15 is 0 Å². The Bertz CT molecular complexity index is 1160. The Morgan fingerprint density at radius 3 is 1.81 bits per heavy atom. The fraction of sp³-hybridized carbons (Fsp3) is 0.222. The van der Waals surface area contributed by atoms with Gasteiger partial charge >= 0.3 is 5.95 Å². The molecule has 31 heavy (non-hydrogen) atoms. The van der Waals surface area contributed by atoms with Crippen molar-refractivity contribution in [3.05, 3.63) is 100 Å². The number of azo groups is 1. The molecule has 4 nitrogen and oxygen atoms in total. The standard InChI is InChI=1S/C27H29N4/c1-18-14-20(3)25(21(4)15-18)30-12-13-31(26-22(5)16-19(2)17-23(26)6)27(30)29-28-24-10-8-7-9-11-24/h7-17H,1-6H3/q+1. The summed E-state index contributed by atoms with van der Waals surface area (Å²) in [6.45, 7) is 12.9. The molecule has 3 aromatic carbocycles. The lowest BCUT2D eigenvalue weighted by atomic mass is 10.0. The molecule has 156 valence electrons. The van der Waals surface area contributed by atoms with E-state index in [-0.39, 0.29) is 0 Å². The van der Waals surface area contributed by atoms with Crippen LogP contribution in [0, 0.1) is 41.5 Å². The van der Waals surface area contributed by atoms with E-state index in [4.69, 9.17) is 5.11 Å². The highest BCUT2D eigenvalue weighted by Crippen LogP contribution is 2.28. The van der Waals surface area contributed by atoms with Crippen molar-refractivity contribution < 1.29 is 4.57 Å². The summed E-state index contributed by atoms with van der Waals surface area (Å²) in [5, 5.41) is 9.31. The van der Waals surface area contributed by atoms with Gasteiger partial charge < -0.3 is 0 Å². The summed E-state index contributed by atoms with van der Waals surface area (Å²) in [6, 6.07) is 18.7. The number of benzene rings is 3. The van der Waals surface area contributed by atoms with Gasteiger partial charge in [-0.2, -0.15) is 9.13 Å². The third kappa shape index (κ3) is 4.06. The first-order valence-electron chi connectivity index (χ1n) is 10.6. The van der Waals surface area contributed by atoms with Gasteiger partial charge in [0.05, 0.1) is 0 Å². The van der Waals surface area contributed by atoms with Crippen LogP contribution in [0.25, 0.3) is 11.4 Å². The molecule has 0 unspecified atom stereocenters. The van der Waals surface area contributed by atoms with Gasteiger partial charge in [0, 0.05) is 5.11 Å². The van der Waals surface area contributed by atoms with E-state index in [1.807, 2.05) is 30.3 Å². The average Bonchev–Trinajstić information content (AvgIpc) is 3.08. The largest absolute Gasteiger partial charge is 0.431 e. The van der Waals surface area contributed by atoms with Crippen molar-refractivity contribution in [1.82, 2.24) is 4.57 Å². The zero-order chi connectivity index (χ0) is 22.1. The maximum absolute atomic E-state index is 4.75. The van der Waals surface area contributed by atoms with Crippen LogP contribution in [0.3, 0.4) is 0 Å². The molecular formula is C27H29N4+. The Kier molecular flexibility index (Phi) is 5.55. The SMILES string of the molecule is Cc1cc(C)c(-n2cc[n+](-c3c(C)cc(C)cc3C)c2N=Nc2ccccc2)c(C)c1. The van der Waals surface area contributed by atoms with Crippen LogP contribution in [0.15, 0.2) is 77.2 Å². The molecule has 0 saturated carbocycles. The van der Waals surface area contributed by atoms with Crippen molar-refractivity contribution in [2.24, 2.45) is 10.2 Å². The zero-order valence-corrected chi connectivity index (χ0v) is 19.1. The van der Waals surface area contributed by atoms with Gasteiger partial charge in [-0.25, -0.2) is 0 Å². The van der Waals surface area contributed by atoms with Crippen molar-refractivity contribution in [2.45, 2.75) is 41.5 Å². The van der Waals surface area contributed by atoms with Crippen molar-refractivity contribution in [1.29, 1.82) is 0 Å². The number of aromatic nitrogens is 2. The highest BCUT2D eigenvalue weighted by molar-refractivity contribution is 5.52. The second-order valence-electron chi connectivity index (χ2n) is 8.37. The molecule has 4 rings (SSSR count). The van der Waals surface area contributed by atoms with Crippen LogP contribution in [0.4, 0.5) is 11.6 Å². The summed E-state index contributed by atoms with van der Waals surface area (Å²) in [6.07, 6.45) is 4.17. The molecule has 0 atom stereocenters. The maximum atomic E-state index is 4.75. The molecular weight excluding hydrogens is 380 g/mol. The lowest BCUT2D eigenvalue weighted by molar-refractivity contribution is -0.581. The minimum Gasteiger partial charge on any atom is -0.197 e. The fourth-order valence-corrected chi connectivity index (χ4v) is 4.53. The van der Waals surface area contributed by atoms with Crippen LogP contribution in [-0.2, 0) is 0 Å². The third-order valence-electron chi connectivity index (χ3n) is 5.56. The third-order valence-corrected chi connectivity index (χ3v) is 5.56. The Morgan fingerprint density at radius 2 is 1.23 bits per heavy atom. The fourth-order valence-electron chi connectivity index (χ4n) is 4.53. The van der Waals surface area contributed by atoms with Crippen molar-refractivity contribution in [2.75, 3.05) is 0 Å². The van der Waals surface area contributed by atoms with E-state index in [0.29, 0.717) is 0 Å². The highest BCUT2D eigenvalue weighted by Gasteiger charge is 2.25. The summed E-state index contributed by atoms with van der Waals surface area (Å²) in [4.78, 5) is 0. The molecule has 0 aliphatic heterocycles. The van der Waals surface area contributed by atoms with Crippen molar-refractivity contribution >= 4 is 11.6 Å². The molecule has 0 radical (unpaired) electrons. The molecule has 0 bridgehead atoms. The minimum absolute atomic E-state index is 0.772. The number of aryl methyl sites for hydroxylation is 6. The number of nitrogens with zero attached hydrogens (tertiary/aromatic N) is 4. The number of hydrogen-bond acceptors (Lipinski definition) is 2. The van der Waals surface area contributed by atoms with E-state index in [9.17, 15) is 0 Å². The quantitative estimate of drug-likeness (QED) is 0.256. The van der Waals surface area contributed by atoms with Crippen LogP contribution >= 0.6 is 0 Å². The Morgan fingerprint density at radius 1 is 0.677 bits per heavy atom. The van der Waals surface area contributed by atoms with E-state index in [0.717, 1.165) is 23.0 Å². The van der Waals surface area contributed by atoms with Gasteiger partial charge in [-0.3, -0.25) is 0 Å². The molecule has 0 aliphatic carbocycles. The first kappa shape index (κ1) is 20.7. The highest BCUT2D eigenvalue weighted by atomic mass is 15.3. The second kappa shape index (κ2) is 8.31. The van der Waals surface area contributed by atoms with Gasteiger partial charge in [-0.1, -0.05) is 58.7 Å². The summed E-state index contributed by atoms with van der Waals surface area (Å²) < 4.78 is 4.30. The molecule has 0 amide bonds. The molecule has 0 fully saturated rings. The van der Waals surface area contributed by atoms with Gasteiger partial charge in [-0.15, -0.1) is 0 Å². The average molecular weight is 410 g/mol. The predicted molar refractivity (Wildman–Crippen MR) is 126 cm³/mol. The smallest absolute Gasteiger partial charge is 0.197 e. The first-order valence-corrected chi connectivity index (χ1v) is 10.6. The number of imidazole rings is 1. The molecule has 1 heterocycles. The predicted octanol–water partition coefficient (Wildman–Crippen LogP) is 7.02. The van der Waals surface area contributed by atoms with E-state index in [1.165, 1.54) is 33.4 Å². The molecule has 0 N–H and O–H groups in total. The maximum Gasteiger partial charge on any atom is 0.431 e.